The molecule has 0 amide bonds. The molecule has 2 atom stereocenters. The van der Waals surface area contributed by atoms with Gasteiger partial charge in [-0.15, -0.1) is 24.8 Å². The molecule has 0 bridgehead atoms. The minimum Gasteiger partial charge on any atom is -0.378 e. The highest BCUT2D eigenvalue weighted by Gasteiger charge is 2.23. The van der Waals surface area contributed by atoms with Crippen LogP contribution in [0.3, 0.4) is 0 Å². The summed E-state index contributed by atoms with van der Waals surface area (Å²) in [5.41, 5.74) is 1.13. The maximum Gasteiger partial charge on any atom is 0.227 e. The Morgan fingerprint density at radius 1 is 0.900 bits per heavy atom. The van der Waals surface area contributed by atoms with E-state index in [-0.39, 0.29) is 31.0 Å². The summed E-state index contributed by atoms with van der Waals surface area (Å²) in [7, 11) is 0. The Kier molecular flexibility index (Phi) is 10.4. The Balaban J connectivity index is 0.00000160. The lowest BCUT2D eigenvalue weighted by molar-refractivity contribution is -0.0113. The zero-order chi connectivity index (χ0) is 19.3. The normalized spacial score (nSPS) is 21.8. The van der Waals surface area contributed by atoms with Crippen LogP contribution in [-0.4, -0.2) is 78.6 Å². The second kappa shape index (κ2) is 12.2. The molecule has 3 fully saturated rings. The number of nitrogens with zero attached hydrogens (tertiary/aromatic N) is 5. The van der Waals surface area contributed by atoms with Crippen molar-refractivity contribution in [3.8, 4) is 0 Å². The first kappa shape index (κ1) is 25.4. The molecule has 9 heteroatoms. The fraction of sp³-hybridized carbons (Fsp3) is 0.810. The Morgan fingerprint density at radius 3 is 2.13 bits per heavy atom. The molecule has 0 saturated carbocycles. The third-order valence-electron chi connectivity index (χ3n) is 6.48. The van der Waals surface area contributed by atoms with E-state index in [2.05, 4.69) is 33.0 Å². The van der Waals surface area contributed by atoms with Gasteiger partial charge in [-0.2, -0.15) is 4.98 Å². The van der Waals surface area contributed by atoms with E-state index in [0.29, 0.717) is 5.92 Å². The molecule has 172 valence electrons. The van der Waals surface area contributed by atoms with E-state index < -0.39 is 0 Å². The standard InChI is InChI=1S/C21H36N6O.2ClH/c1-17(6-7-20(28)26-14-8-22-9-15-26)18-16-19(25-10-2-3-11-25)24-21(23-18)27-12-4-5-13-27;;/h16-17,20,22,28H,2-15H2,1H3;2*1H. The van der Waals surface area contributed by atoms with E-state index >= 15 is 0 Å². The van der Waals surface area contributed by atoms with Gasteiger partial charge in [0.1, 0.15) is 12.0 Å². The smallest absolute Gasteiger partial charge is 0.227 e. The maximum absolute atomic E-state index is 10.6. The van der Waals surface area contributed by atoms with Gasteiger partial charge in [-0.25, -0.2) is 4.98 Å². The van der Waals surface area contributed by atoms with E-state index in [9.17, 15) is 5.11 Å². The number of aromatic nitrogens is 2. The Bertz CT molecular complexity index is 600. The van der Waals surface area contributed by atoms with Gasteiger partial charge in [0.05, 0.1) is 5.69 Å². The summed E-state index contributed by atoms with van der Waals surface area (Å²) in [5.74, 6) is 2.33. The molecule has 4 rings (SSSR count). The van der Waals surface area contributed by atoms with Crippen LogP contribution in [0.15, 0.2) is 6.07 Å². The zero-order valence-corrected chi connectivity index (χ0v) is 19.8. The molecule has 4 heterocycles. The van der Waals surface area contributed by atoms with Gasteiger partial charge < -0.3 is 20.2 Å². The molecule has 3 aliphatic rings. The Morgan fingerprint density at radius 2 is 1.50 bits per heavy atom. The lowest BCUT2D eigenvalue weighted by atomic mass is 10.00. The number of hydrogen-bond acceptors (Lipinski definition) is 7. The first-order chi connectivity index (χ1) is 13.7. The third-order valence-corrected chi connectivity index (χ3v) is 6.48. The van der Waals surface area contributed by atoms with Crippen molar-refractivity contribution in [2.24, 2.45) is 0 Å². The lowest BCUT2D eigenvalue weighted by Crippen LogP contribution is -2.48. The van der Waals surface area contributed by atoms with Crippen LogP contribution in [0.4, 0.5) is 11.8 Å². The summed E-state index contributed by atoms with van der Waals surface area (Å²) >= 11 is 0. The summed E-state index contributed by atoms with van der Waals surface area (Å²) in [4.78, 5) is 16.8. The molecule has 0 aliphatic carbocycles. The second-order valence-electron chi connectivity index (χ2n) is 8.58. The monoisotopic (exact) mass is 460 g/mol. The highest BCUT2D eigenvalue weighted by molar-refractivity contribution is 5.85. The van der Waals surface area contributed by atoms with Gasteiger partial charge in [-0.1, -0.05) is 6.92 Å². The summed E-state index contributed by atoms with van der Waals surface area (Å²) in [6.45, 7) is 10.4. The number of piperazine rings is 1. The van der Waals surface area contributed by atoms with Gasteiger partial charge in [-0.05, 0) is 44.4 Å². The summed E-state index contributed by atoms with van der Waals surface area (Å²) in [6.07, 6.45) is 6.38. The van der Waals surface area contributed by atoms with Crippen molar-refractivity contribution in [1.82, 2.24) is 20.2 Å². The number of hydrogen-bond donors (Lipinski definition) is 2. The van der Waals surface area contributed by atoms with Crippen LogP contribution >= 0.6 is 24.8 Å². The number of nitrogens with one attached hydrogen (secondary N) is 1. The SMILES string of the molecule is CC(CCC(O)N1CCNCC1)c1cc(N2CCCC2)nc(N2CCCC2)n1.Cl.Cl. The predicted molar refractivity (Wildman–Crippen MR) is 128 cm³/mol. The fourth-order valence-corrected chi connectivity index (χ4v) is 4.57. The zero-order valence-electron chi connectivity index (χ0n) is 18.1. The average Bonchev–Trinajstić information content (AvgIpc) is 3.46. The Hall–Kier alpha value is -0.860. The van der Waals surface area contributed by atoms with Crippen LogP contribution in [0.1, 0.15) is 57.1 Å². The van der Waals surface area contributed by atoms with Gasteiger partial charge in [0.25, 0.3) is 0 Å². The van der Waals surface area contributed by atoms with Crippen molar-refractivity contribution in [1.29, 1.82) is 0 Å². The van der Waals surface area contributed by atoms with E-state index in [1.165, 1.54) is 25.7 Å². The first-order valence-corrected chi connectivity index (χ1v) is 11.2. The summed E-state index contributed by atoms with van der Waals surface area (Å²) in [6, 6.07) is 2.20. The Labute approximate surface area is 193 Å². The highest BCUT2D eigenvalue weighted by Crippen LogP contribution is 2.28. The molecule has 30 heavy (non-hydrogen) atoms. The predicted octanol–water partition coefficient (Wildman–Crippen LogP) is 2.63. The van der Waals surface area contributed by atoms with Gasteiger partial charge >= 0.3 is 0 Å². The number of aliphatic hydroxyl groups excluding tert-OH is 1. The number of anilines is 2. The molecular weight excluding hydrogens is 423 g/mol. The molecule has 0 aromatic carbocycles. The molecular formula is C21H38Cl2N6O. The molecule has 1 aromatic rings. The third kappa shape index (κ3) is 6.33. The van der Waals surface area contributed by atoms with Gasteiger partial charge in [-0.3, -0.25) is 4.90 Å². The minimum atomic E-state index is -0.345. The average molecular weight is 461 g/mol. The molecule has 0 radical (unpaired) electrons. The largest absolute Gasteiger partial charge is 0.378 e. The molecule has 0 spiro atoms. The molecule has 2 N–H and O–H groups in total. The number of aliphatic hydroxyl groups is 1. The van der Waals surface area contributed by atoms with Crippen LogP contribution in [0.2, 0.25) is 0 Å². The van der Waals surface area contributed by atoms with E-state index in [1.54, 1.807) is 0 Å². The van der Waals surface area contributed by atoms with Crippen LogP contribution in [0.25, 0.3) is 0 Å². The van der Waals surface area contributed by atoms with Crippen LogP contribution in [-0.2, 0) is 0 Å². The van der Waals surface area contributed by atoms with Gasteiger partial charge in [0.15, 0.2) is 0 Å². The molecule has 7 nitrogen and oxygen atoms in total. The van der Waals surface area contributed by atoms with Gasteiger partial charge in [0, 0.05) is 58.4 Å². The van der Waals surface area contributed by atoms with Crippen molar-refractivity contribution < 1.29 is 5.11 Å². The first-order valence-electron chi connectivity index (χ1n) is 11.2. The molecule has 1 aromatic heterocycles. The van der Waals surface area contributed by atoms with Crippen LogP contribution in [0.5, 0.6) is 0 Å². The summed E-state index contributed by atoms with van der Waals surface area (Å²) < 4.78 is 0. The number of rotatable bonds is 7. The topological polar surface area (TPSA) is 67.8 Å². The molecule has 3 saturated heterocycles. The van der Waals surface area contributed by atoms with Gasteiger partial charge in [0.2, 0.25) is 5.95 Å². The van der Waals surface area contributed by atoms with E-state index in [1.807, 2.05) is 0 Å². The van der Waals surface area contributed by atoms with Crippen molar-refractivity contribution in [2.45, 2.75) is 57.6 Å². The molecule has 3 aliphatic heterocycles. The van der Waals surface area contributed by atoms with E-state index in [0.717, 1.165) is 82.7 Å². The molecule has 2 unspecified atom stereocenters. The van der Waals surface area contributed by atoms with Crippen molar-refractivity contribution >= 4 is 36.6 Å². The lowest BCUT2D eigenvalue weighted by Gasteiger charge is -2.32. The van der Waals surface area contributed by atoms with E-state index in [4.69, 9.17) is 9.97 Å². The quantitative estimate of drug-likeness (QED) is 0.647. The van der Waals surface area contributed by atoms with Crippen molar-refractivity contribution in [3.63, 3.8) is 0 Å². The van der Waals surface area contributed by atoms with Crippen molar-refractivity contribution in [2.75, 3.05) is 62.2 Å². The second-order valence-corrected chi connectivity index (χ2v) is 8.58. The highest BCUT2D eigenvalue weighted by atomic mass is 35.5. The fourth-order valence-electron chi connectivity index (χ4n) is 4.57. The number of halogens is 2. The summed E-state index contributed by atoms with van der Waals surface area (Å²) in [5, 5.41) is 13.9. The van der Waals surface area contributed by atoms with Crippen LogP contribution in [0, 0.1) is 0 Å². The minimum absolute atomic E-state index is 0. The maximum atomic E-state index is 10.6. The van der Waals surface area contributed by atoms with Crippen LogP contribution < -0.4 is 15.1 Å². The van der Waals surface area contributed by atoms with Crippen molar-refractivity contribution in [3.05, 3.63) is 11.8 Å².